The molecule has 8 heteroatoms. The molecule has 0 atom stereocenters. The fourth-order valence-electron chi connectivity index (χ4n) is 2.45. The van der Waals surface area contributed by atoms with Gasteiger partial charge < -0.3 is 9.73 Å². The maximum atomic E-state index is 12.2. The van der Waals surface area contributed by atoms with E-state index in [1.807, 2.05) is 31.2 Å². The van der Waals surface area contributed by atoms with E-state index in [1.54, 1.807) is 30.2 Å². The highest BCUT2D eigenvalue weighted by molar-refractivity contribution is 7.98. The SMILES string of the molecule is CCc1ccc(N(CC(=O)NCCCSCc2ccco2)S(C)(=O)=O)cc1. The number of sulfonamides is 1. The Bertz CT molecular complexity index is 803. The Kier molecular flexibility index (Phi) is 8.24. The minimum atomic E-state index is -3.54. The summed E-state index contributed by atoms with van der Waals surface area (Å²) in [6.07, 6.45) is 4.44. The van der Waals surface area contributed by atoms with Crippen molar-refractivity contribution in [2.45, 2.75) is 25.5 Å². The number of hydrogen-bond acceptors (Lipinski definition) is 5. The summed E-state index contributed by atoms with van der Waals surface area (Å²) < 4.78 is 30.6. The van der Waals surface area contributed by atoms with Gasteiger partial charge in [0, 0.05) is 6.54 Å². The fraction of sp³-hybridized carbons (Fsp3) is 0.421. The van der Waals surface area contributed by atoms with E-state index in [0.717, 1.165) is 46.2 Å². The van der Waals surface area contributed by atoms with E-state index < -0.39 is 10.0 Å². The lowest BCUT2D eigenvalue weighted by Gasteiger charge is -2.22. The Morgan fingerprint density at radius 2 is 1.96 bits per heavy atom. The molecular weight excluding hydrogens is 384 g/mol. The van der Waals surface area contributed by atoms with E-state index in [9.17, 15) is 13.2 Å². The van der Waals surface area contributed by atoms with Crippen LogP contribution in [-0.2, 0) is 27.0 Å². The summed E-state index contributed by atoms with van der Waals surface area (Å²) >= 11 is 1.73. The van der Waals surface area contributed by atoms with Crippen molar-refractivity contribution in [1.82, 2.24) is 5.32 Å². The molecule has 1 N–H and O–H groups in total. The third kappa shape index (κ3) is 7.30. The summed E-state index contributed by atoms with van der Waals surface area (Å²) in [6.45, 7) is 2.32. The van der Waals surface area contributed by atoms with Crippen LogP contribution in [0.3, 0.4) is 0 Å². The number of hydrogen-bond donors (Lipinski definition) is 1. The highest BCUT2D eigenvalue weighted by atomic mass is 32.2. The Hall–Kier alpha value is -1.93. The molecule has 2 aromatic rings. The van der Waals surface area contributed by atoms with Crippen molar-refractivity contribution in [1.29, 1.82) is 0 Å². The lowest BCUT2D eigenvalue weighted by Crippen LogP contribution is -2.40. The van der Waals surface area contributed by atoms with Crippen LogP contribution in [-0.4, -0.2) is 39.4 Å². The van der Waals surface area contributed by atoms with Crippen LogP contribution in [0, 0.1) is 0 Å². The minimum Gasteiger partial charge on any atom is -0.468 e. The predicted octanol–water partition coefficient (Wildman–Crippen LogP) is 3.05. The van der Waals surface area contributed by atoms with Crippen LogP contribution in [0.5, 0.6) is 0 Å². The number of carbonyl (C=O) groups excluding carboxylic acids is 1. The molecule has 0 aliphatic carbocycles. The molecule has 0 spiro atoms. The molecule has 0 saturated carbocycles. The molecule has 0 bridgehead atoms. The summed E-state index contributed by atoms with van der Waals surface area (Å²) in [7, 11) is -3.54. The molecule has 2 rings (SSSR count). The van der Waals surface area contributed by atoms with Gasteiger partial charge >= 0.3 is 0 Å². The first-order valence-corrected chi connectivity index (χ1v) is 11.8. The van der Waals surface area contributed by atoms with Gasteiger partial charge in [-0.2, -0.15) is 11.8 Å². The molecule has 0 saturated heterocycles. The molecule has 1 aromatic heterocycles. The van der Waals surface area contributed by atoms with Crippen molar-refractivity contribution in [2.75, 3.05) is 29.4 Å². The van der Waals surface area contributed by atoms with Gasteiger partial charge in [-0.1, -0.05) is 19.1 Å². The van der Waals surface area contributed by atoms with Gasteiger partial charge in [-0.25, -0.2) is 8.42 Å². The van der Waals surface area contributed by atoms with Crippen LogP contribution in [0.1, 0.15) is 24.7 Å². The topological polar surface area (TPSA) is 79.6 Å². The molecule has 1 aromatic carbocycles. The highest BCUT2D eigenvalue weighted by Gasteiger charge is 2.20. The number of carbonyl (C=O) groups is 1. The maximum Gasteiger partial charge on any atom is 0.240 e. The second-order valence-corrected chi connectivity index (χ2v) is 9.14. The number of aryl methyl sites for hydroxylation is 1. The van der Waals surface area contributed by atoms with Gasteiger partial charge in [0.25, 0.3) is 0 Å². The smallest absolute Gasteiger partial charge is 0.240 e. The number of nitrogens with one attached hydrogen (secondary N) is 1. The lowest BCUT2D eigenvalue weighted by atomic mass is 10.1. The first-order valence-electron chi connectivity index (χ1n) is 8.83. The van der Waals surface area contributed by atoms with Crippen LogP contribution in [0.4, 0.5) is 5.69 Å². The first kappa shape index (κ1) is 21.4. The van der Waals surface area contributed by atoms with Gasteiger partial charge in [0.15, 0.2) is 0 Å². The molecular formula is C19H26N2O4S2. The molecule has 148 valence electrons. The second kappa shape index (κ2) is 10.4. The van der Waals surface area contributed by atoms with Crippen molar-refractivity contribution in [3.8, 4) is 0 Å². The fourth-order valence-corrected chi connectivity index (χ4v) is 4.17. The molecule has 0 fully saturated rings. The highest BCUT2D eigenvalue weighted by Crippen LogP contribution is 2.18. The third-order valence-electron chi connectivity index (χ3n) is 3.93. The van der Waals surface area contributed by atoms with E-state index in [1.165, 1.54) is 0 Å². The molecule has 0 aliphatic rings. The molecule has 1 heterocycles. The molecule has 1 amide bonds. The van der Waals surface area contributed by atoms with Crippen LogP contribution < -0.4 is 9.62 Å². The van der Waals surface area contributed by atoms with Crippen molar-refractivity contribution in [3.63, 3.8) is 0 Å². The normalized spacial score (nSPS) is 11.3. The zero-order valence-electron chi connectivity index (χ0n) is 15.7. The maximum absolute atomic E-state index is 12.2. The Labute approximate surface area is 165 Å². The number of furan rings is 1. The average Bonchev–Trinajstić information content (AvgIpc) is 3.15. The predicted molar refractivity (Wildman–Crippen MR) is 111 cm³/mol. The average molecular weight is 411 g/mol. The van der Waals surface area contributed by atoms with Gasteiger partial charge in [-0.05, 0) is 48.4 Å². The van der Waals surface area contributed by atoms with E-state index in [0.29, 0.717) is 12.2 Å². The van der Waals surface area contributed by atoms with Crippen molar-refractivity contribution >= 4 is 33.4 Å². The largest absolute Gasteiger partial charge is 0.468 e. The van der Waals surface area contributed by atoms with Crippen LogP contribution >= 0.6 is 11.8 Å². The molecule has 0 unspecified atom stereocenters. The summed E-state index contributed by atoms with van der Waals surface area (Å²) in [5.74, 6) is 2.31. The first-order chi connectivity index (χ1) is 12.9. The lowest BCUT2D eigenvalue weighted by molar-refractivity contribution is -0.119. The monoisotopic (exact) mass is 410 g/mol. The summed E-state index contributed by atoms with van der Waals surface area (Å²) in [5.41, 5.74) is 1.61. The van der Waals surface area contributed by atoms with Gasteiger partial charge in [0.1, 0.15) is 12.3 Å². The Morgan fingerprint density at radius 1 is 1.22 bits per heavy atom. The molecule has 0 radical (unpaired) electrons. The van der Waals surface area contributed by atoms with E-state index in [-0.39, 0.29) is 12.5 Å². The van der Waals surface area contributed by atoms with Gasteiger partial charge in [0.05, 0.1) is 24.0 Å². The van der Waals surface area contributed by atoms with E-state index in [4.69, 9.17) is 4.42 Å². The summed E-state index contributed by atoms with van der Waals surface area (Å²) in [5, 5.41) is 2.79. The number of amides is 1. The number of nitrogens with zero attached hydrogens (tertiary/aromatic N) is 1. The second-order valence-electron chi connectivity index (χ2n) is 6.13. The zero-order chi connectivity index (χ0) is 19.7. The Morgan fingerprint density at radius 3 is 2.56 bits per heavy atom. The molecule has 6 nitrogen and oxygen atoms in total. The van der Waals surface area contributed by atoms with Crippen molar-refractivity contribution < 1.29 is 17.6 Å². The van der Waals surface area contributed by atoms with E-state index in [2.05, 4.69) is 5.32 Å². The number of rotatable bonds is 11. The number of anilines is 1. The quantitative estimate of drug-likeness (QED) is 0.576. The van der Waals surface area contributed by atoms with Crippen LogP contribution in [0.25, 0.3) is 0 Å². The van der Waals surface area contributed by atoms with Gasteiger partial charge in [0.2, 0.25) is 15.9 Å². The molecule has 0 aliphatic heterocycles. The Balaban J connectivity index is 1.77. The standard InChI is InChI=1S/C19H26N2O4S2/c1-3-16-7-9-17(10-8-16)21(27(2,23)24)14-19(22)20-11-5-13-26-15-18-6-4-12-25-18/h4,6-10,12H,3,5,11,13-15H2,1-2H3,(H,20,22). The van der Waals surface area contributed by atoms with Crippen LogP contribution in [0.2, 0.25) is 0 Å². The molecule has 27 heavy (non-hydrogen) atoms. The van der Waals surface area contributed by atoms with Crippen molar-refractivity contribution in [3.05, 3.63) is 54.0 Å². The third-order valence-corrected chi connectivity index (χ3v) is 6.14. The number of benzene rings is 1. The number of thioether (sulfide) groups is 1. The van der Waals surface area contributed by atoms with Crippen LogP contribution in [0.15, 0.2) is 47.1 Å². The zero-order valence-corrected chi connectivity index (χ0v) is 17.3. The van der Waals surface area contributed by atoms with Gasteiger partial charge in [-0.15, -0.1) is 0 Å². The van der Waals surface area contributed by atoms with Gasteiger partial charge in [-0.3, -0.25) is 9.10 Å². The summed E-state index contributed by atoms with van der Waals surface area (Å²) in [4.78, 5) is 12.2. The van der Waals surface area contributed by atoms with E-state index >= 15 is 0 Å². The summed E-state index contributed by atoms with van der Waals surface area (Å²) in [6, 6.07) is 11.0. The van der Waals surface area contributed by atoms with Crippen molar-refractivity contribution in [2.24, 2.45) is 0 Å². The minimum absolute atomic E-state index is 0.218.